The zero-order valence-corrected chi connectivity index (χ0v) is 9.06. The smallest absolute Gasteiger partial charge is 0.237 e. The summed E-state index contributed by atoms with van der Waals surface area (Å²) < 4.78 is 0.492. The summed E-state index contributed by atoms with van der Waals surface area (Å²) in [5, 5.41) is 0. The number of rotatable bonds is 3. The van der Waals surface area contributed by atoms with Crippen LogP contribution in [0.4, 0.5) is 0 Å². The fraction of sp³-hybridized carbons (Fsp3) is 0.889. The molecule has 4 heteroatoms. The Morgan fingerprint density at radius 3 is 2.62 bits per heavy atom. The van der Waals surface area contributed by atoms with Crippen LogP contribution in [0.5, 0.6) is 0 Å². The third-order valence-corrected chi connectivity index (χ3v) is 4.35. The number of thioether (sulfide) groups is 1. The van der Waals surface area contributed by atoms with E-state index in [0.717, 1.165) is 13.2 Å². The molecule has 1 saturated carbocycles. The van der Waals surface area contributed by atoms with Crippen LogP contribution in [0.15, 0.2) is 0 Å². The van der Waals surface area contributed by atoms with Gasteiger partial charge in [-0.3, -0.25) is 9.69 Å². The van der Waals surface area contributed by atoms with E-state index in [1.165, 1.54) is 12.8 Å². The molecule has 0 spiro atoms. The molecule has 2 aliphatic rings. The molecule has 1 heterocycles. The number of hydrogen-bond donors (Lipinski definition) is 0. The molecule has 2 rings (SSSR count). The van der Waals surface area contributed by atoms with Gasteiger partial charge in [-0.15, -0.1) is 0 Å². The van der Waals surface area contributed by atoms with Gasteiger partial charge in [-0.05, 0) is 19.1 Å². The number of nitrogens with zero attached hydrogens (tertiary/aromatic N) is 2. The summed E-state index contributed by atoms with van der Waals surface area (Å²) in [5.41, 5.74) is 0. The molecule has 74 valence electrons. The molecule has 0 aromatic heterocycles. The molecule has 1 aliphatic carbocycles. The first-order valence-corrected chi connectivity index (χ1v) is 5.89. The van der Waals surface area contributed by atoms with Crippen LogP contribution in [-0.2, 0) is 4.79 Å². The van der Waals surface area contributed by atoms with Gasteiger partial charge in [0.25, 0.3) is 0 Å². The molecule has 1 aliphatic heterocycles. The first-order chi connectivity index (χ1) is 6.15. The predicted molar refractivity (Wildman–Crippen MR) is 54.7 cm³/mol. The average Bonchev–Trinajstić information content (AvgIpc) is 2.78. The van der Waals surface area contributed by atoms with Gasteiger partial charge in [-0.2, -0.15) is 11.8 Å². The Morgan fingerprint density at radius 1 is 1.54 bits per heavy atom. The van der Waals surface area contributed by atoms with Gasteiger partial charge in [0.05, 0.1) is 13.2 Å². The van der Waals surface area contributed by atoms with Crippen LogP contribution in [0.2, 0.25) is 0 Å². The molecule has 0 aromatic rings. The Hall–Kier alpha value is -0.220. The number of amides is 1. The fourth-order valence-corrected chi connectivity index (χ4v) is 2.64. The summed E-state index contributed by atoms with van der Waals surface area (Å²) in [6.07, 6.45) is 4.82. The first kappa shape index (κ1) is 9.34. The van der Waals surface area contributed by atoms with Crippen molar-refractivity contribution in [1.29, 1.82) is 0 Å². The maximum Gasteiger partial charge on any atom is 0.237 e. The molecule has 0 atom stereocenters. The molecule has 0 unspecified atom stereocenters. The second kappa shape index (κ2) is 3.17. The largest absolute Gasteiger partial charge is 0.332 e. The standard InChI is InChI=1S/C9H16N2OS/c1-10-7-11(5-8(10)12)6-9(13-2)3-4-9/h3-7H2,1-2H3. The zero-order valence-electron chi connectivity index (χ0n) is 8.25. The molecule has 0 radical (unpaired) electrons. The van der Waals surface area contributed by atoms with Gasteiger partial charge in [0, 0.05) is 18.3 Å². The zero-order chi connectivity index (χ0) is 9.47. The molecule has 0 N–H and O–H groups in total. The first-order valence-electron chi connectivity index (χ1n) is 4.67. The molecule has 0 bridgehead atoms. The summed E-state index contributed by atoms with van der Waals surface area (Å²) in [5.74, 6) is 0.261. The predicted octanol–water partition coefficient (Wildman–Crippen LogP) is 0.613. The van der Waals surface area contributed by atoms with Crippen molar-refractivity contribution >= 4 is 17.7 Å². The average molecular weight is 200 g/mol. The summed E-state index contributed by atoms with van der Waals surface area (Å²) in [6, 6.07) is 0. The minimum atomic E-state index is 0.261. The lowest BCUT2D eigenvalue weighted by molar-refractivity contribution is -0.125. The normalized spacial score (nSPS) is 26.9. The highest BCUT2D eigenvalue weighted by Gasteiger charge is 2.44. The summed E-state index contributed by atoms with van der Waals surface area (Å²) in [4.78, 5) is 15.3. The van der Waals surface area contributed by atoms with Crippen molar-refractivity contribution in [2.75, 3.05) is 33.1 Å². The van der Waals surface area contributed by atoms with Crippen LogP contribution in [0.3, 0.4) is 0 Å². The molecule has 1 amide bonds. The number of hydrogen-bond acceptors (Lipinski definition) is 3. The van der Waals surface area contributed by atoms with Gasteiger partial charge in [0.2, 0.25) is 5.91 Å². The number of carbonyl (C=O) groups is 1. The van der Waals surface area contributed by atoms with Crippen molar-refractivity contribution in [3.8, 4) is 0 Å². The second-order valence-corrected chi connectivity index (χ2v) is 5.38. The van der Waals surface area contributed by atoms with Gasteiger partial charge < -0.3 is 4.90 Å². The maximum atomic E-state index is 11.3. The van der Waals surface area contributed by atoms with Crippen molar-refractivity contribution in [2.45, 2.75) is 17.6 Å². The third kappa shape index (κ3) is 1.83. The van der Waals surface area contributed by atoms with E-state index < -0.39 is 0 Å². The minimum Gasteiger partial charge on any atom is -0.332 e. The monoisotopic (exact) mass is 200 g/mol. The van der Waals surface area contributed by atoms with Crippen LogP contribution < -0.4 is 0 Å². The molecule has 13 heavy (non-hydrogen) atoms. The fourth-order valence-electron chi connectivity index (χ4n) is 1.82. The topological polar surface area (TPSA) is 23.6 Å². The Labute approximate surface area is 83.5 Å². The number of likely N-dealkylation sites (N-methyl/N-ethyl adjacent to an activating group) is 1. The minimum absolute atomic E-state index is 0.261. The molecule has 2 fully saturated rings. The Bertz CT molecular complexity index is 228. The maximum absolute atomic E-state index is 11.3. The Kier molecular flexibility index (Phi) is 2.28. The van der Waals surface area contributed by atoms with E-state index in [-0.39, 0.29) is 5.91 Å². The number of carbonyl (C=O) groups excluding carboxylic acids is 1. The van der Waals surface area contributed by atoms with Gasteiger partial charge >= 0.3 is 0 Å². The lowest BCUT2D eigenvalue weighted by Gasteiger charge is -2.20. The van der Waals surface area contributed by atoms with Crippen molar-refractivity contribution in [3.63, 3.8) is 0 Å². The van der Waals surface area contributed by atoms with Gasteiger partial charge in [0.1, 0.15) is 0 Å². The highest BCUT2D eigenvalue weighted by atomic mass is 32.2. The molecular weight excluding hydrogens is 184 g/mol. The van der Waals surface area contributed by atoms with Crippen molar-refractivity contribution in [1.82, 2.24) is 9.80 Å². The molecular formula is C9H16N2OS. The summed E-state index contributed by atoms with van der Waals surface area (Å²) in [6.45, 7) is 2.53. The lowest BCUT2D eigenvalue weighted by atomic mass is 10.4. The van der Waals surface area contributed by atoms with E-state index in [1.807, 2.05) is 18.8 Å². The summed E-state index contributed by atoms with van der Waals surface area (Å²) in [7, 11) is 1.88. The lowest BCUT2D eigenvalue weighted by Crippen LogP contribution is -2.31. The van der Waals surface area contributed by atoms with E-state index in [4.69, 9.17) is 0 Å². The van der Waals surface area contributed by atoms with Gasteiger partial charge in [-0.1, -0.05) is 0 Å². The molecule has 0 aromatic carbocycles. The quantitative estimate of drug-likeness (QED) is 0.667. The molecule has 1 saturated heterocycles. The van der Waals surface area contributed by atoms with Crippen molar-refractivity contribution < 1.29 is 4.79 Å². The third-order valence-electron chi connectivity index (χ3n) is 2.95. The van der Waals surface area contributed by atoms with Crippen LogP contribution in [0, 0.1) is 0 Å². The van der Waals surface area contributed by atoms with E-state index in [1.54, 1.807) is 4.90 Å². The van der Waals surface area contributed by atoms with Crippen molar-refractivity contribution in [2.24, 2.45) is 0 Å². The van der Waals surface area contributed by atoms with Crippen LogP contribution in [0.1, 0.15) is 12.8 Å². The van der Waals surface area contributed by atoms with Crippen LogP contribution >= 0.6 is 11.8 Å². The van der Waals surface area contributed by atoms with Crippen molar-refractivity contribution in [3.05, 3.63) is 0 Å². The highest BCUT2D eigenvalue weighted by Crippen LogP contribution is 2.47. The Morgan fingerprint density at radius 2 is 2.23 bits per heavy atom. The van der Waals surface area contributed by atoms with E-state index in [0.29, 0.717) is 11.3 Å². The van der Waals surface area contributed by atoms with Crippen LogP contribution in [0.25, 0.3) is 0 Å². The van der Waals surface area contributed by atoms with Crippen LogP contribution in [-0.4, -0.2) is 53.5 Å². The highest BCUT2D eigenvalue weighted by molar-refractivity contribution is 8.00. The Balaban J connectivity index is 1.87. The van der Waals surface area contributed by atoms with Gasteiger partial charge in [0.15, 0.2) is 0 Å². The summed E-state index contributed by atoms with van der Waals surface area (Å²) >= 11 is 1.96. The molecule has 3 nitrogen and oxygen atoms in total. The van der Waals surface area contributed by atoms with E-state index in [9.17, 15) is 4.79 Å². The van der Waals surface area contributed by atoms with Gasteiger partial charge in [-0.25, -0.2) is 0 Å². The van der Waals surface area contributed by atoms with E-state index >= 15 is 0 Å². The SMILES string of the molecule is CSC1(CN2CC(=O)N(C)C2)CC1. The second-order valence-electron chi connectivity index (χ2n) is 4.11. The van der Waals surface area contributed by atoms with E-state index in [2.05, 4.69) is 11.2 Å².